The Labute approximate surface area is 245 Å². The lowest BCUT2D eigenvalue weighted by molar-refractivity contribution is -0.118. The molecule has 0 spiro atoms. The van der Waals surface area contributed by atoms with Crippen LogP contribution in [-0.2, 0) is 27.1 Å². The molecule has 3 amide bonds. The van der Waals surface area contributed by atoms with Crippen LogP contribution in [0.2, 0.25) is 0 Å². The number of amides is 3. The molecule has 0 unspecified atom stereocenters. The van der Waals surface area contributed by atoms with Crippen LogP contribution in [0.4, 0.5) is 15.3 Å². The van der Waals surface area contributed by atoms with Crippen molar-refractivity contribution in [1.29, 1.82) is 0 Å². The molecule has 1 aliphatic heterocycles. The monoisotopic (exact) mass is 575 g/mol. The second kappa shape index (κ2) is 15.0. The van der Waals surface area contributed by atoms with Crippen molar-refractivity contribution in [2.24, 2.45) is 0 Å². The highest BCUT2D eigenvalue weighted by atomic mass is 16.5. The number of alkyl carbamates (subject to hydrolysis) is 1. The first-order valence-corrected chi connectivity index (χ1v) is 14.0. The predicted octanol–water partition coefficient (Wildman–Crippen LogP) is 4.32. The van der Waals surface area contributed by atoms with Crippen LogP contribution in [0.15, 0.2) is 78.9 Å². The smallest absolute Gasteiger partial charge is 0.407 e. The molecule has 10 heteroatoms. The van der Waals surface area contributed by atoms with Gasteiger partial charge in [0.05, 0.1) is 32.4 Å². The lowest BCUT2D eigenvalue weighted by Gasteiger charge is -2.36. The largest absolute Gasteiger partial charge is 0.465 e. The topological polar surface area (TPSA) is 137 Å². The number of benzene rings is 3. The third kappa shape index (κ3) is 8.55. The number of nitrogens with one attached hydrogen (secondary N) is 2. The van der Waals surface area contributed by atoms with Crippen LogP contribution in [0.25, 0.3) is 11.1 Å². The molecule has 1 fully saturated rings. The van der Waals surface area contributed by atoms with Crippen LogP contribution < -0.4 is 10.6 Å². The van der Waals surface area contributed by atoms with Gasteiger partial charge in [-0.2, -0.15) is 0 Å². The van der Waals surface area contributed by atoms with E-state index < -0.39 is 24.1 Å². The summed E-state index contributed by atoms with van der Waals surface area (Å²) in [6, 6.07) is 24.2. The third-order valence-corrected chi connectivity index (χ3v) is 7.23. The summed E-state index contributed by atoms with van der Waals surface area (Å²) in [7, 11) is 1.25. The Morgan fingerprint density at radius 1 is 0.952 bits per heavy atom. The van der Waals surface area contributed by atoms with Crippen molar-refractivity contribution in [3.8, 4) is 11.1 Å². The van der Waals surface area contributed by atoms with Crippen LogP contribution in [0.5, 0.6) is 0 Å². The Hall–Kier alpha value is -4.41. The molecule has 0 aliphatic carbocycles. The van der Waals surface area contributed by atoms with Crippen molar-refractivity contribution in [3.63, 3.8) is 0 Å². The van der Waals surface area contributed by atoms with Gasteiger partial charge in [-0.25, -0.2) is 9.59 Å². The van der Waals surface area contributed by atoms with Gasteiger partial charge in [0.15, 0.2) is 0 Å². The average Bonchev–Trinajstić information content (AvgIpc) is 3.01. The number of morpholine rings is 1. The summed E-state index contributed by atoms with van der Waals surface area (Å²) in [5, 5.41) is 24.4. The molecule has 3 aromatic carbocycles. The van der Waals surface area contributed by atoms with Gasteiger partial charge in [-0.3, -0.25) is 4.79 Å². The number of carboxylic acid groups (broad SMARTS) is 1. The Morgan fingerprint density at radius 2 is 1.64 bits per heavy atom. The lowest BCUT2D eigenvalue weighted by Crippen LogP contribution is -2.50. The number of carbonyl (C=O) groups excluding carboxylic acids is 2. The standard InChI is InChI=1S/C32H37N3O7/c1-41-31(38)34-29(19-22-8-7-12-25(18-22)23-9-3-2-4-10-23)30(37)33-28-13-6-5-11-24(28)14-15-26-20-35(32(39)40)21-27(42-26)16-17-36/h2-13,18,26-27,29,36H,14-17,19-21H2,1H3,(H,33,37)(H,34,38)(H,39,40)/t26-,27-,29+/m1/s1. The molecule has 0 aromatic heterocycles. The summed E-state index contributed by atoms with van der Waals surface area (Å²) < 4.78 is 10.8. The summed E-state index contributed by atoms with van der Waals surface area (Å²) in [6.07, 6.45) is -0.795. The number of aliphatic hydroxyl groups is 1. The number of ether oxygens (including phenoxy) is 2. The zero-order chi connectivity index (χ0) is 29.9. The number of carbonyl (C=O) groups is 3. The molecule has 1 saturated heterocycles. The number of nitrogens with zero attached hydrogens (tertiary/aromatic N) is 1. The summed E-state index contributed by atoms with van der Waals surface area (Å²) in [6.45, 7) is 0.373. The van der Waals surface area contributed by atoms with Crippen molar-refractivity contribution in [2.75, 3.05) is 32.1 Å². The van der Waals surface area contributed by atoms with E-state index in [9.17, 15) is 24.6 Å². The predicted molar refractivity (Wildman–Crippen MR) is 158 cm³/mol. The molecular weight excluding hydrogens is 538 g/mol. The molecule has 0 radical (unpaired) electrons. The van der Waals surface area contributed by atoms with Crippen LogP contribution in [-0.4, -0.2) is 78.3 Å². The van der Waals surface area contributed by atoms with Gasteiger partial charge in [-0.1, -0.05) is 72.8 Å². The molecule has 0 bridgehead atoms. The molecule has 0 saturated carbocycles. The Balaban J connectivity index is 1.46. The van der Waals surface area contributed by atoms with E-state index in [1.165, 1.54) is 12.0 Å². The zero-order valence-electron chi connectivity index (χ0n) is 23.6. The van der Waals surface area contributed by atoms with E-state index in [1.54, 1.807) is 6.07 Å². The Morgan fingerprint density at radius 3 is 2.36 bits per heavy atom. The number of rotatable bonds is 11. The minimum Gasteiger partial charge on any atom is -0.465 e. The van der Waals surface area contributed by atoms with E-state index in [4.69, 9.17) is 9.47 Å². The van der Waals surface area contributed by atoms with Gasteiger partial charge in [0.1, 0.15) is 6.04 Å². The van der Waals surface area contributed by atoms with Gasteiger partial charge >= 0.3 is 12.2 Å². The first-order valence-electron chi connectivity index (χ1n) is 14.0. The van der Waals surface area contributed by atoms with Crippen molar-refractivity contribution in [1.82, 2.24) is 10.2 Å². The molecule has 3 aromatic rings. The number of anilines is 1. The van der Waals surface area contributed by atoms with E-state index in [0.717, 1.165) is 22.3 Å². The highest BCUT2D eigenvalue weighted by Crippen LogP contribution is 2.24. The number of aryl methyl sites for hydroxylation is 1. The molecule has 42 heavy (non-hydrogen) atoms. The van der Waals surface area contributed by atoms with Crippen LogP contribution in [0.3, 0.4) is 0 Å². The molecule has 4 N–H and O–H groups in total. The highest BCUT2D eigenvalue weighted by Gasteiger charge is 2.30. The van der Waals surface area contributed by atoms with E-state index >= 15 is 0 Å². The lowest BCUT2D eigenvalue weighted by atomic mass is 9.99. The maximum Gasteiger partial charge on any atom is 0.407 e. The van der Waals surface area contributed by atoms with Gasteiger partial charge in [-0.05, 0) is 47.6 Å². The van der Waals surface area contributed by atoms with Crippen LogP contribution in [0, 0.1) is 0 Å². The van der Waals surface area contributed by atoms with E-state index in [2.05, 4.69) is 10.6 Å². The van der Waals surface area contributed by atoms with E-state index in [0.29, 0.717) is 24.9 Å². The fourth-order valence-electron chi connectivity index (χ4n) is 5.09. The van der Waals surface area contributed by atoms with Gasteiger partial charge in [-0.15, -0.1) is 0 Å². The fourth-order valence-corrected chi connectivity index (χ4v) is 5.09. The molecule has 1 aliphatic rings. The normalized spacial score (nSPS) is 17.2. The minimum absolute atomic E-state index is 0.0863. The van der Waals surface area contributed by atoms with E-state index in [-0.39, 0.29) is 38.3 Å². The van der Waals surface area contributed by atoms with Crippen molar-refractivity contribution >= 4 is 23.8 Å². The number of aliphatic hydroxyl groups excluding tert-OH is 1. The first kappa shape index (κ1) is 30.5. The van der Waals surface area contributed by atoms with E-state index in [1.807, 2.05) is 72.8 Å². The van der Waals surface area contributed by atoms with Crippen LogP contribution >= 0.6 is 0 Å². The molecule has 10 nitrogen and oxygen atoms in total. The van der Waals surface area contributed by atoms with Crippen molar-refractivity contribution in [2.45, 2.75) is 43.9 Å². The maximum absolute atomic E-state index is 13.5. The van der Waals surface area contributed by atoms with Gasteiger partial charge in [0, 0.05) is 18.7 Å². The fraction of sp³-hybridized carbons (Fsp3) is 0.344. The maximum atomic E-state index is 13.5. The molecule has 222 valence electrons. The Kier molecular flexibility index (Phi) is 10.9. The minimum atomic E-state index is -1.02. The highest BCUT2D eigenvalue weighted by molar-refractivity contribution is 5.97. The first-order chi connectivity index (χ1) is 20.4. The Bertz CT molecular complexity index is 1350. The summed E-state index contributed by atoms with van der Waals surface area (Å²) >= 11 is 0. The van der Waals surface area contributed by atoms with Crippen molar-refractivity contribution < 1.29 is 34.1 Å². The van der Waals surface area contributed by atoms with Gasteiger partial charge in [0.25, 0.3) is 0 Å². The molecule has 1 heterocycles. The second-order valence-corrected chi connectivity index (χ2v) is 10.2. The van der Waals surface area contributed by atoms with Gasteiger partial charge < -0.3 is 35.2 Å². The third-order valence-electron chi connectivity index (χ3n) is 7.23. The van der Waals surface area contributed by atoms with Crippen molar-refractivity contribution in [3.05, 3.63) is 90.0 Å². The number of hydrogen-bond donors (Lipinski definition) is 4. The molecule has 4 rings (SSSR count). The summed E-state index contributed by atoms with van der Waals surface area (Å²) in [4.78, 5) is 38.6. The zero-order valence-corrected chi connectivity index (χ0v) is 23.6. The SMILES string of the molecule is COC(=O)N[C@@H](Cc1cccc(-c2ccccc2)c1)C(=O)Nc1ccccc1CC[C@@H]1CN(C(=O)O)C[C@@H](CCO)O1. The number of methoxy groups -OCH3 is 1. The summed E-state index contributed by atoms with van der Waals surface area (Å²) in [5.74, 6) is -0.396. The second-order valence-electron chi connectivity index (χ2n) is 10.2. The number of para-hydroxylation sites is 1. The number of hydrogen-bond acceptors (Lipinski definition) is 6. The summed E-state index contributed by atoms with van der Waals surface area (Å²) in [5.41, 5.74) is 4.36. The molecule has 3 atom stereocenters. The molecular formula is C32H37N3O7. The van der Waals surface area contributed by atoms with Gasteiger partial charge in [0.2, 0.25) is 5.91 Å². The van der Waals surface area contributed by atoms with Crippen LogP contribution in [0.1, 0.15) is 24.0 Å². The quantitative estimate of drug-likeness (QED) is 0.267. The average molecular weight is 576 g/mol.